The van der Waals surface area contributed by atoms with Crippen molar-refractivity contribution in [2.45, 2.75) is 26.3 Å². The van der Waals surface area contributed by atoms with Crippen molar-refractivity contribution in [2.75, 3.05) is 10.6 Å². The molecule has 3 nitrogen and oxygen atoms in total. The molecule has 0 unspecified atom stereocenters. The molecule has 1 amide bonds. The van der Waals surface area contributed by atoms with Gasteiger partial charge in [-0.15, -0.1) is 0 Å². The van der Waals surface area contributed by atoms with Crippen LogP contribution in [0.15, 0.2) is 48.5 Å². The summed E-state index contributed by atoms with van der Waals surface area (Å²) < 4.78 is 0. The van der Waals surface area contributed by atoms with Crippen LogP contribution in [0.2, 0.25) is 5.02 Å². The van der Waals surface area contributed by atoms with Crippen molar-refractivity contribution in [3.05, 3.63) is 59.1 Å². The van der Waals surface area contributed by atoms with E-state index in [1.807, 2.05) is 25.1 Å². The molecule has 21 heavy (non-hydrogen) atoms. The van der Waals surface area contributed by atoms with Gasteiger partial charge in [0, 0.05) is 16.4 Å². The molecule has 0 aliphatic heterocycles. The lowest BCUT2D eigenvalue weighted by atomic mass is 10.1. The third-order valence-corrected chi connectivity index (χ3v) is 3.44. The van der Waals surface area contributed by atoms with Gasteiger partial charge in [0.25, 0.3) is 0 Å². The van der Waals surface area contributed by atoms with Crippen molar-refractivity contribution in [1.82, 2.24) is 0 Å². The average molecular weight is 303 g/mol. The van der Waals surface area contributed by atoms with Crippen LogP contribution < -0.4 is 10.6 Å². The molecule has 0 fully saturated rings. The van der Waals surface area contributed by atoms with Crippen molar-refractivity contribution in [3.8, 4) is 0 Å². The number of nitrogens with one attached hydrogen (secondary N) is 2. The Morgan fingerprint density at radius 1 is 1.14 bits per heavy atom. The van der Waals surface area contributed by atoms with Crippen LogP contribution in [0, 0.1) is 0 Å². The van der Waals surface area contributed by atoms with Crippen molar-refractivity contribution in [1.29, 1.82) is 0 Å². The maximum atomic E-state index is 12.2. The number of hydrogen-bond acceptors (Lipinski definition) is 2. The Labute approximate surface area is 130 Å². The first-order valence-electron chi connectivity index (χ1n) is 7.00. The SMILES string of the molecule is CCc1cccc(N[C@H](C)C(=O)Nc2cccc(Cl)c2)c1. The van der Waals surface area contributed by atoms with Crippen LogP contribution >= 0.6 is 11.6 Å². The first-order chi connectivity index (χ1) is 10.1. The Morgan fingerprint density at radius 3 is 2.57 bits per heavy atom. The Hall–Kier alpha value is -2.00. The summed E-state index contributed by atoms with van der Waals surface area (Å²) >= 11 is 5.90. The minimum atomic E-state index is -0.337. The number of carbonyl (C=O) groups is 1. The number of amides is 1. The first-order valence-corrected chi connectivity index (χ1v) is 7.38. The average Bonchev–Trinajstić information content (AvgIpc) is 2.47. The van der Waals surface area contributed by atoms with Crippen molar-refractivity contribution in [3.63, 3.8) is 0 Å². The molecule has 0 saturated carbocycles. The fourth-order valence-electron chi connectivity index (χ4n) is 2.01. The third kappa shape index (κ3) is 4.50. The number of carbonyl (C=O) groups excluding carboxylic acids is 1. The van der Waals surface area contributed by atoms with Gasteiger partial charge in [0.2, 0.25) is 5.91 Å². The molecule has 0 heterocycles. The maximum Gasteiger partial charge on any atom is 0.246 e. The summed E-state index contributed by atoms with van der Waals surface area (Å²) in [5, 5.41) is 6.65. The van der Waals surface area contributed by atoms with E-state index in [0.29, 0.717) is 10.7 Å². The van der Waals surface area contributed by atoms with Gasteiger partial charge < -0.3 is 10.6 Å². The number of aryl methyl sites for hydroxylation is 1. The fraction of sp³-hybridized carbons (Fsp3) is 0.235. The summed E-state index contributed by atoms with van der Waals surface area (Å²) in [6, 6.07) is 14.9. The molecule has 0 spiro atoms. The normalized spacial score (nSPS) is 11.8. The zero-order valence-corrected chi connectivity index (χ0v) is 12.9. The van der Waals surface area contributed by atoms with Gasteiger partial charge in [-0.05, 0) is 49.2 Å². The van der Waals surface area contributed by atoms with Crippen LogP contribution in [-0.2, 0) is 11.2 Å². The van der Waals surface area contributed by atoms with Gasteiger partial charge in [0.05, 0.1) is 0 Å². The Kier molecular flexibility index (Phi) is 5.23. The molecule has 0 bridgehead atoms. The first kappa shape index (κ1) is 15.4. The van der Waals surface area contributed by atoms with Gasteiger partial charge >= 0.3 is 0 Å². The highest BCUT2D eigenvalue weighted by Crippen LogP contribution is 2.16. The van der Waals surface area contributed by atoms with Crippen LogP contribution in [0.5, 0.6) is 0 Å². The Balaban J connectivity index is 1.99. The second-order valence-corrected chi connectivity index (χ2v) is 5.36. The van der Waals surface area contributed by atoms with Crippen molar-refractivity contribution >= 4 is 28.9 Å². The number of halogens is 1. The lowest BCUT2D eigenvalue weighted by Gasteiger charge is -2.16. The lowest BCUT2D eigenvalue weighted by Crippen LogP contribution is -2.31. The zero-order valence-electron chi connectivity index (χ0n) is 12.2. The lowest BCUT2D eigenvalue weighted by molar-refractivity contribution is -0.116. The van der Waals surface area contributed by atoms with Crippen molar-refractivity contribution in [2.24, 2.45) is 0 Å². The monoisotopic (exact) mass is 302 g/mol. The van der Waals surface area contributed by atoms with Gasteiger partial charge in [-0.2, -0.15) is 0 Å². The molecule has 4 heteroatoms. The molecule has 0 radical (unpaired) electrons. The van der Waals surface area contributed by atoms with Crippen LogP contribution in [0.4, 0.5) is 11.4 Å². The third-order valence-electron chi connectivity index (χ3n) is 3.20. The molecule has 2 rings (SSSR count). The van der Waals surface area contributed by atoms with Gasteiger partial charge in [-0.1, -0.05) is 36.7 Å². The van der Waals surface area contributed by atoms with Gasteiger partial charge in [-0.3, -0.25) is 4.79 Å². The molecule has 2 N–H and O–H groups in total. The summed E-state index contributed by atoms with van der Waals surface area (Å²) in [7, 11) is 0. The summed E-state index contributed by atoms with van der Waals surface area (Å²) in [6.45, 7) is 3.94. The van der Waals surface area contributed by atoms with Crippen LogP contribution in [0.3, 0.4) is 0 Å². The number of anilines is 2. The summed E-state index contributed by atoms with van der Waals surface area (Å²) in [5.41, 5.74) is 2.88. The Morgan fingerprint density at radius 2 is 1.86 bits per heavy atom. The molecule has 0 aromatic heterocycles. The van der Waals surface area contributed by atoms with E-state index >= 15 is 0 Å². The second-order valence-electron chi connectivity index (χ2n) is 4.92. The van der Waals surface area contributed by atoms with E-state index in [-0.39, 0.29) is 11.9 Å². The number of benzene rings is 2. The van der Waals surface area contributed by atoms with E-state index in [1.54, 1.807) is 18.2 Å². The topological polar surface area (TPSA) is 41.1 Å². The second kappa shape index (κ2) is 7.14. The standard InChI is InChI=1S/C17H19ClN2O/c1-3-13-6-4-8-15(10-13)19-12(2)17(21)20-16-9-5-7-14(18)11-16/h4-12,19H,3H2,1-2H3,(H,20,21)/t12-/m1/s1. The molecular formula is C17H19ClN2O. The molecule has 2 aromatic rings. The van der Waals surface area contributed by atoms with Crippen LogP contribution in [-0.4, -0.2) is 11.9 Å². The highest BCUT2D eigenvalue weighted by molar-refractivity contribution is 6.30. The number of hydrogen-bond donors (Lipinski definition) is 2. The smallest absolute Gasteiger partial charge is 0.246 e. The Bertz CT molecular complexity index is 628. The molecule has 2 aromatic carbocycles. The molecule has 0 saturated heterocycles. The highest BCUT2D eigenvalue weighted by Gasteiger charge is 2.13. The largest absolute Gasteiger partial charge is 0.374 e. The predicted octanol–water partition coefficient (Wildman–Crippen LogP) is 4.34. The summed E-state index contributed by atoms with van der Waals surface area (Å²) in [5.74, 6) is -0.0980. The van der Waals surface area contributed by atoms with E-state index in [9.17, 15) is 4.79 Å². The van der Waals surface area contributed by atoms with Crippen LogP contribution in [0.25, 0.3) is 0 Å². The summed E-state index contributed by atoms with van der Waals surface area (Å²) in [6.07, 6.45) is 0.971. The summed E-state index contributed by atoms with van der Waals surface area (Å²) in [4.78, 5) is 12.2. The molecular weight excluding hydrogens is 284 g/mol. The van der Waals surface area contributed by atoms with E-state index in [4.69, 9.17) is 11.6 Å². The molecule has 0 aliphatic rings. The molecule has 1 atom stereocenters. The molecule has 0 aliphatic carbocycles. The minimum absolute atomic E-state index is 0.0980. The van der Waals surface area contributed by atoms with Gasteiger partial charge in [-0.25, -0.2) is 0 Å². The maximum absolute atomic E-state index is 12.2. The van der Waals surface area contributed by atoms with E-state index < -0.39 is 0 Å². The van der Waals surface area contributed by atoms with E-state index in [1.165, 1.54) is 5.56 Å². The quantitative estimate of drug-likeness (QED) is 0.862. The predicted molar refractivity (Wildman–Crippen MR) is 89.0 cm³/mol. The van der Waals surface area contributed by atoms with E-state index in [0.717, 1.165) is 12.1 Å². The zero-order chi connectivity index (χ0) is 15.2. The minimum Gasteiger partial charge on any atom is -0.374 e. The van der Waals surface area contributed by atoms with Crippen LogP contribution in [0.1, 0.15) is 19.4 Å². The van der Waals surface area contributed by atoms with Crippen molar-refractivity contribution < 1.29 is 4.79 Å². The van der Waals surface area contributed by atoms with Gasteiger partial charge in [0.1, 0.15) is 6.04 Å². The number of rotatable bonds is 5. The van der Waals surface area contributed by atoms with E-state index in [2.05, 4.69) is 29.7 Å². The van der Waals surface area contributed by atoms with Gasteiger partial charge in [0.15, 0.2) is 0 Å². The highest BCUT2D eigenvalue weighted by atomic mass is 35.5. The fourth-order valence-corrected chi connectivity index (χ4v) is 2.20. The molecule has 110 valence electrons.